The number of benzene rings is 1. The highest BCUT2D eigenvalue weighted by atomic mass is 35.5. The van der Waals surface area contributed by atoms with Crippen molar-refractivity contribution in [1.29, 1.82) is 0 Å². The van der Waals surface area contributed by atoms with E-state index in [1.807, 2.05) is 38.1 Å². The van der Waals surface area contributed by atoms with Gasteiger partial charge in [-0.05, 0) is 42.6 Å². The first-order valence-corrected chi connectivity index (χ1v) is 7.40. The third-order valence-electron chi connectivity index (χ3n) is 2.74. The first-order chi connectivity index (χ1) is 10.1. The molecule has 0 bridgehead atoms. The Morgan fingerprint density at radius 2 is 1.86 bits per heavy atom. The molecule has 1 atom stereocenters. The lowest BCUT2D eigenvalue weighted by molar-refractivity contribution is 0.291. The summed E-state index contributed by atoms with van der Waals surface area (Å²) in [5.41, 5.74) is 1.06. The molecule has 2 rings (SSSR count). The van der Waals surface area contributed by atoms with Crippen LogP contribution in [0.5, 0.6) is 6.01 Å². The summed E-state index contributed by atoms with van der Waals surface area (Å²) in [5.74, 6) is 0.378. The van der Waals surface area contributed by atoms with E-state index < -0.39 is 0 Å². The minimum Gasteiger partial charge on any atom is -0.463 e. The number of nitrogens with one attached hydrogen (secondary N) is 1. The van der Waals surface area contributed by atoms with Crippen LogP contribution in [0.2, 0.25) is 10.3 Å². The fourth-order valence-corrected chi connectivity index (χ4v) is 1.96. The van der Waals surface area contributed by atoms with Crippen LogP contribution in [0.4, 0.5) is 5.95 Å². The quantitative estimate of drug-likeness (QED) is 0.864. The molecular weight excluding hydrogens is 311 g/mol. The molecule has 0 aliphatic rings. The van der Waals surface area contributed by atoms with Gasteiger partial charge in [0.15, 0.2) is 0 Å². The van der Waals surface area contributed by atoms with Crippen LogP contribution >= 0.6 is 23.2 Å². The average molecular weight is 327 g/mol. The fraction of sp³-hybridized carbons (Fsp3) is 0.357. The van der Waals surface area contributed by atoms with Crippen LogP contribution in [-0.4, -0.2) is 21.6 Å². The van der Waals surface area contributed by atoms with Crippen molar-refractivity contribution >= 4 is 29.2 Å². The predicted molar refractivity (Wildman–Crippen MR) is 84.1 cm³/mol. The Bertz CT molecular complexity index is 592. The number of halogens is 2. The van der Waals surface area contributed by atoms with Crippen molar-refractivity contribution in [2.24, 2.45) is 0 Å². The van der Waals surface area contributed by atoms with Gasteiger partial charge < -0.3 is 10.1 Å². The van der Waals surface area contributed by atoms with Crippen LogP contribution in [0, 0.1) is 0 Å². The summed E-state index contributed by atoms with van der Waals surface area (Å²) in [7, 11) is 0. The number of anilines is 1. The summed E-state index contributed by atoms with van der Waals surface area (Å²) >= 11 is 11.8. The van der Waals surface area contributed by atoms with E-state index in [2.05, 4.69) is 20.3 Å². The van der Waals surface area contributed by atoms with E-state index in [0.717, 1.165) is 12.0 Å². The lowest BCUT2D eigenvalue weighted by Crippen LogP contribution is -2.11. The van der Waals surface area contributed by atoms with Crippen molar-refractivity contribution < 1.29 is 4.74 Å². The van der Waals surface area contributed by atoms with E-state index in [4.69, 9.17) is 27.9 Å². The van der Waals surface area contributed by atoms with Gasteiger partial charge in [0, 0.05) is 5.02 Å². The Hall–Kier alpha value is -1.59. The van der Waals surface area contributed by atoms with Crippen molar-refractivity contribution in [3.8, 4) is 6.01 Å². The maximum Gasteiger partial charge on any atom is 0.322 e. The Morgan fingerprint density at radius 3 is 2.52 bits per heavy atom. The van der Waals surface area contributed by atoms with E-state index in [1.165, 1.54) is 0 Å². The van der Waals surface area contributed by atoms with Gasteiger partial charge in [0.2, 0.25) is 11.2 Å². The largest absolute Gasteiger partial charge is 0.463 e. The molecule has 5 nitrogen and oxygen atoms in total. The zero-order valence-corrected chi connectivity index (χ0v) is 13.3. The standard InChI is InChI=1S/C14H16Cl2N4O/c1-3-8-21-14-19-12(16)18-13(20-14)17-9(2)10-4-6-11(15)7-5-10/h4-7,9H,3,8H2,1-2H3,(H,17,18,19,20). The van der Waals surface area contributed by atoms with Gasteiger partial charge in [-0.25, -0.2) is 0 Å². The molecule has 1 heterocycles. The first kappa shape index (κ1) is 15.8. The highest BCUT2D eigenvalue weighted by molar-refractivity contribution is 6.30. The molecule has 1 unspecified atom stereocenters. The molecule has 1 aromatic carbocycles. The highest BCUT2D eigenvalue weighted by Crippen LogP contribution is 2.20. The molecule has 21 heavy (non-hydrogen) atoms. The van der Waals surface area contributed by atoms with Gasteiger partial charge in [-0.15, -0.1) is 0 Å². The molecule has 0 radical (unpaired) electrons. The van der Waals surface area contributed by atoms with Crippen LogP contribution < -0.4 is 10.1 Å². The molecule has 0 amide bonds. The average Bonchev–Trinajstić information content (AvgIpc) is 2.45. The zero-order valence-electron chi connectivity index (χ0n) is 11.8. The van der Waals surface area contributed by atoms with Gasteiger partial charge in [0.05, 0.1) is 12.6 Å². The minimum atomic E-state index is -0.000224. The normalized spacial score (nSPS) is 12.0. The van der Waals surface area contributed by atoms with E-state index in [9.17, 15) is 0 Å². The summed E-state index contributed by atoms with van der Waals surface area (Å²) in [6, 6.07) is 7.79. The van der Waals surface area contributed by atoms with Crippen molar-refractivity contribution in [3.63, 3.8) is 0 Å². The van der Waals surface area contributed by atoms with Gasteiger partial charge in [-0.3, -0.25) is 0 Å². The number of ether oxygens (including phenoxy) is 1. The molecule has 112 valence electrons. The number of hydrogen-bond acceptors (Lipinski definition) is 5. The Morgan fingerprint density at radius 1 is 1.14 bits per heavy atom. The molecule has 1 aromatic heterocycles. The molecule has 0 saturated carbocycles. The fourth-order valence-electron chi connectivity index (χ4n) is 1.68. The number of aromatic nitrogens is 3. The second kappa shape index (κ2) is 7.43. The van der Waals surface area contributed by atoms with Crippen molar-refractivity contribution in [3.05, 3.63) is 40.1 Å². The molecular formula is C14H16Cl2N4O. The molecule has 7 heteroatoms. The van der Waals surface area contributed by atoms with Crippen LogP contribution in [0.1, 0.15) is 31.9 Å². The monoisotopic (exact) mass is 326 g/mol. The summed E-state index contributed by atoms with van der Waals surface area (Å²) in [5, 5.41) is 3.96. The number of hydrogen-bond donors (Lipinski definition) is 1. The van der Waals surface area contributed by atoms with Gasteiger partial charge >= 0.3 is 6.01 Å². The number of rotatable bonds is 6. The maximum absolute atomic E-state index is 5.88. The minimum absolute atomic E-state index is 0.000224. The van der Waals surface area contributed by atoms with Crippen molar-refractivity contribution in [1.82, 2.24) is 15.0 Å². The molecule has 0 aliphatic carbocycles. The predicted octanol–water partition coefficient (Wildman–Crippen LogP) is 4.14. The maximum atomic E-state index is 5.88. The lowest BCUT2D eigenvalue weighted by Gasteiger charge is -2.14. The summed E-state index contributed by atoms with van der Waals surface area (Å²) in [6.07, 6.45) is 0.868. The summed E-state index contributed by atoms with van der Waals surface area (Å²) in [6.45, 7) is 4.53. The van der Waals surface area contributed by atoms with E-state index >= 15 is 0 Å². The molecule has 0 spiro atoms. The Kier molecular flexibility index (Phi) is 5.59. The Balaban J connectivity index is 2.10. The zero-order chi connectivity index (χ0) is 15.2. The molecule has 0 saturated heterocycles. The van der Waals surface area contributed by atoms with Crippen LogP contribution in [0.25, 0.3) is 0 Å². The van der Waals surface area contributed by atoms with Crippen molar-refractivity contribution in [2.45, 2.75) is 26.3 Å². The second-order valence-electron chi connectivity index (χ2n) is 4.48. The number of nitrogens with zero attached hydrogens (tertiary/aromatic N) is 3. The van der Waals surface area contributed by atoms with Gasteiger partial charge in [0.1, 0.15) is 0 Å². The summed E-state index contributed by atoms with van der Waals surface area (Å²) in [4.78, 5) is 12.2. The SMILES string of the molecule is CCCOc1nc(Cl)nc(NC(C)c2ccc(Cl)cc2)n1. The Labute approximate surface area is 133 Å². The third-order valence-corrected chi connectivity index (χ3v) is 3.16. The topological polar surface area (TPSA) is 59.9 Å². The lowest BCUT2D eigenvalue weighted by atomic mass is 10.1. The molecule has 2 aromatic rings. The summed E-state index contributed by atoms with van der Waals surface area (Å²) < 4.78 is 5.38. The van der Waals surface area contributed by atoms with Crippen LogP contribution in [0.15, 0.2) is 24.3 Å². The molecule has 1 N–H and O–H groups in total. The van der Waals surface area contributed by atoms with E-state index in [0.29, 0.717) is 17.6 Å². The second-order valence-corrected chi connectivity index (χ2v) is 5.25. The first-order valence-electron chi connectivity index (χ1n) is 6.65. The highest BCUT2D eigenvalue weighted by Gasteiger charge is 2.10. The van der Waals surface area contributed by atoms with Gasteiger partial charge in [-0.2, -0.15) is 15.0 Å². The molecule has 0 aliphatic heterocycles. The van der Waals surface area contributed by atoms with Crippen LogP contribution in [0.3, 0.4) is 0 Å². The van der Waals surface area contributed by atoms with Crippen LogP contribution in [-0.2, 0) is 0 Å². The smallest absolute Gasteiger partial charge is 0.322 e. The third kappa shape index (κ3) is 4.72. The van der Waals surface area contributed by atoms with E-state index in [1.54, 1.807) is 0 Å². The van der Waals surface area contributed by atoms with E-state index in [-0.39, 0.29) is 17.3 Å². The van der Waals surface area contributed by atoms with Crippen molar-refractivity contribution in [2.75, 3.05) is 11.9 Å². The molecule has 0 fully saturated rings. The van der Waals surface area contributed by atoms with Gasteiger partial charge in [0.25, 0.3) is 0 Å². The van der Waals surface area contributed by atoms with Gasteiger partial charge in [-0.1, -0.05) is 30.7 Å².